The van der Waals surface area contributed by atoms with Gasteiger partial charge in [-0.15, -0.1) is 0 Å². The van der Waals surface area contributed by atoms with E-state index in [2.05, 4.69) is 16.0 Å². The molecule has 5 nitrogen and oxygen atoms in total. The van der Waals surface area contributed by atoms with Crippen LogP contribution in [0.5, 0.6) is 11.5 Å². The second kappa shape index (κ2) is 5.28. The molecule has 0 aliphatic carbocycles. The van der Waals surface area contributed by atoms with Gasteiger partial charge in [-0.05, 0) is 30.9 Å². The molecule has 0 unspecified atom stereocenters. The third-order valence-electron chi connectivity index (χ3n) is 4.54. The minimum atomic E-state index is -0.0302. The molecule has 23 heavy (non-hydrogen) atoms. The lowest BCUT2D eigenvalue weighted by atomic mass is 9.84. The first-order chi connectivity index (χ1) is 11.2. The Morgan fingerprint density at radius 3 is 2.78 bits per heavy atom. The van der Waals surface area contributed by atoms with Crippen LogP contribution in [0.1, 0.15) is 35.4 Å². The summed E-state index contributed by atoms with van der Waals surface area (Å²) in [7, 11) is 0. The number of nitrogens with zero attached hydrogens (tertiary/aromatic N) is 3. The molecular weight excluding hydrogens is 310 g/mol. The molecule has 0 saturated carbocycles. The summed E-state index contributed by atoms with van der Waals surface area (Å²) in [4.78, 5) is 6.79. The molecule has 2 aromatic rings. The zero-order chi connectivity index (χ0) is 16.0. The minimum absolute atomic E-state index is 0.00771. The maximum absolute atomic E-state index is 9.83. The van der Waals surface area contributed by atoms with Crippen LogP contribution in [-0.4, -0.2) is 29.5 Å². The lowest BCUT2D eigenvalue weighted by molar-refractivity contribution is 0.450. The van der Waals surface area contributed by atoms with Gasteiger partial charge in [0.15, 0.2) is 0 Å². The third kappa shape index (κ3) is 2.25. The van der Waals surface area contributed by atoms with E-state index in [1.54, 1.807) is 23.6 Å². The van der Waals surface area contributed by atoms with Crippen molar-refractivity contribution in [1.82, 2.24) is 0 Å². The van der Waals surface area contributed by atoms with Crippen molar-refractivity contribution in [3.8, 4) is 17.6 Å². The number of nitriles is 1. The van der Waals surface area contributed by atoms with Crippen LogP contribution in [0.2, 0.25) is 0 Å². The van der Waals surface area contributed by atoms with E-state index in [1.807, 2.05) is 0 Å². The van der Waals surface area contributed by atoms with Crippen molar-refractivity contribution in [2.75, 3.05) is 18.0 Å². The fourth-order valence-electron chi connectivity index (χ4n) is 3.37. The van der Waals surface area contributed by atoms with Crippen LogP contribution in [0.15, 0.2) is 23.2 Å². The highest BCUT2D eigenvalue weighted by molar-refractivity contribution is 7.20. The molecule has 6 heteroatoms. The molecule has 1 aromatic carbocycles. The molecule has 0 atom stereocenters. The summed E-state index contributed by atoms with van der Waals surface area (Å²) in [6, 6.07) is 6.69. The highest BCUT2D eigenvalue weighted by atomic mass is 32.1. The summed E-state index contributed by atoms with van der Waals surface area (Å²) in [6.45, 7) is 2.12. The van der Waals surface area contributed by atoms with E-state index in [0.29, 0.717) is 22.0 Å². The Bertz CT molecular complexity index is 842. The van der Waals surface area contributed by atoms with Gasteiger partial charge in [-0.25, -0.2) is 4.99 Å². The second-order valence-electron chi connectivity index (χ2n) is 5.88. The number of phenols is 2. The van der Waals surface area contributed by atoms with Crippen molar-refractivity contribution < 1.29 is 10.2 Å². The zero-order valence-corrected chi connectivity index (χ0v) is 13.2. The number of benzene rings is 1. The summed E-state index contributed by atoms with van der Waals surface area (Å²) in [6.07, 6.45) is 3.77. The van der Waals surface area contributed by atoms with Crippen LogP contribution in [0.25, 0.3) is 0 Å². The first kappa shape index (κ1) is 14.1. The van der Waals surface area contributed by atoms with Crippen LogP contribution < -0.4 is 4.90 Å². The molecule has 116 valence electrons. The minimum Gasteiger partial charge on any atom is -0.508 e. The Labute approximate surface area is 137 Å². The molecule has 1 aromatic heterocycles. The standard InChI is InChI=1S/C17H15N3O2S/c18-8-13-15-10-3-5-20(6-4-10)17(15)23-16(13)19-9-11-1-2-12(21)7-14(11)22/h1-2,7,9-10,21-22H,3-6H2. The fourth-order valence-corrected chi connectivity index (χ4v) is 4.61. The van der Waals surface area contributed by atoms with E-state index >= 15 is 0 Å². The van der Waals surface area contributed by atoms with Crippen LogP contribution in [0, 0.1) is 11.3 Å². The molecule has 3 aliphatic rings. The Morgan fingerprint density at radius 1 is 1.30 bits per heavy atom. The van der Waals surface area contributed by atoms with E-state index < -0.39 is 0 Å². The van der Waals surface area contributed by atoms with Crippen LogP contribution >= 0.6 is 11.3 Å². The van der Waals surface area contributed by atoms with E-state index in [-0.39, 0.29) is 11.5 Å². The van der Waals surface area contributed by atoms with Crippen molar-refractivity contribution in [1.29, 1.82) is 5.26 Å². The molecule has 2 bridgehead atoms. The Balaban J connectivity index is 1.74. The molecule has 2 N–H and O–H groups in total. The SMILES string of the molecule is N#Cc1c(N=Cc2ccc(O)cc2O)sc2c1C1CCN2CC1. The summed E-state index contributed by atoms with van der Waals surface area (Å²) in [5.74, 6) is 0.456. The number of rotatable bonds is 2. The number of hydrogen-bond acceptors (Lipinski definition) is 6. The van der Waals surface area contributed by atoms with E-state index in [4.69, 9.17) is 0 Å². The van der Waals surface area contributed by atoms with E-state index in [1.165, 1.54) is 17.1 Å². The number of piperidine rings is 1. The van der Waals surface area contributed by atoms with Gasteiger partial charge in [0.25, 0.3) is 0 Å². The number of fused-ring (bicyclic) bond motifs is 2. The molecule has 0 amide bonds. The van der Waals surface area contributed by atoms with E-state index in [9.17, 15) is 15.5 Å². The summed E-state index contributed by atoms with van der Waals surface area (Å²) in [5.41, 5.74) is 2.35. The molecule has 1 fully saturated rings. The molecule has 3 aliphatic heterocycles. The zero-order valence-electron chi connectivity index (χ0n) is 12.4. The normalized spacial score (nSPS) is 16.7. The van der Waals surface area contributed by atoms with Gasteiger partial charge in [0.1, 0.15) is 22.6 Å². The predicted octanol–water partition coefficient (Wildman–Crippen LogP) is 3.48. The topological polar surface area (TPSA) is 79.8 Å². The summed E-state index contributed by atoms with van der Waals surface area (Å²) < 4.78 is 0. The average molecular weight is 325 g/mol. The third-order valence-corrected chi connectivity index (χ3v) is 5.72. The number of aliphatic imine (C=N–C) groups is 1. The molecule has 1 saturated heterocycles. The number of aromatic hydroxyl groups is 2. The average Bonchev–Trinajstić information content (AvgIpc) is 2.95. The lowest BCUT2D eigenvalue weighted by Crippen LogP contribution is -2.37. The van der Waals surface area contributed by atoms with Gasteiger partial charge >= 0.3 is 0 Å². The Kier molecular flexibility index (Phi) is 3.24. The number of anilines is 1. The predicted molar refractivity (Wildman–Crippen MR) is 90.2 cm³/mol. The van der Waals surface area contributed by atoms with Crippen LogP contribution in [0.3, 0.4) is 0 Å². The first-order valence-corrected chi connectivity index (χ1v) is 8.37. The maximum Gasteiger partial charge on any atom is 0.136 e. The van der Waals surface area contributed by atoms with E-state index in [0.717, 1.165) is 31.5 Å². The molecule has 5 rings (SSSR count). The van der Waals surface area contributed by atoms with Crippen molar-refractivity contribution in [2.45, 2.75) is 18.8 Å². The lowest BCUT2D eigenvalue weighted by Gasteiger charge is -2.39. The Hall–Kier alpha value is -2.52. The number of thiophene rings is 1. The largest absolute Gasteiger partial charge is 0.508 e. The quantitative estimate of drug-likeness (QED) is 0.829. The molecule has 0 radical (unpaired) electrons. The molecule has 4 heterocycles. The first-order valence-electron chi connectivity index (χ1n) is 7.55. The summed E-state index contributed by atoms with van der Waals surface area (Å²) >= 11 is 1.55. The van der Waals surface area contributed by atoms with Gasteiger partial charge in [-0.3, -0.25) is 0 Å². The fraction of sp³-hybridized carbons (Fsp3) is 0.294. The van der Waals surface area contributed by atoms with Crippen LogP contribution in [-0.2, 0) is 0 Å². The molecule has 0 spiro atoms. The van der Waals surface area contributed by atoms with Gasteiger partial charge in [0.05, 0.1) is 10.6 Å². The number of hydrogen-bond donors (Lipinski definition) is 2. The molecular formula is C17H15N3O2S. The Morgan fingerprint density at radius 2 is 2.09 bits per heavy atom. The van der Waals surface area contributed by atoms with Crippen molar-refractivity contribution in [2.24, 2.45) is 4.99 Å². The van der Waals surface area contributed by atoms with Crippen LogP contribution in [0.4, 0.5) is 10.0 Å². The van der Waals surface area contributed by atoms with Gasteiger partial charge in [-0.2, -0.15) is 5.26 Å². The smallest absolute Gasteiger partial charge is 0.136 e. The summed E-state index contributed by atoms with van der Waals surface area (Å²) in [5, 5.41) is 30.6. The van der Waals surface area contributed by atoms with Gasteiger partial charge in [-0.1, -0.05) is 11.3 Å². The van der Waals surface area contributed by atoms with Crippen molar-refractivity contribution >= 4 is 27.6 Å². The van der Waals surface area contributed by atoms with Crippen molar-refractivity contribution in [3.63, 3.8) is 0 Å². The maximum atomic E-state index is 9.83. The van der Waals surface area contributed by atoms with Gasteiger partial charge < -0.3 is 15.1 Å². The highest BCUT2D eigenvalue weighted by Crippen LogP contribution is 2.52. The van der Waals surface area contributed by atoms with Gasteiger partial charge in [0.2, 0.25) is 0 Å². The highest BCUT2D eigenvalue weighted by Gasteiger charge is 2.36. The van der Waals surface area contributed by atoms with Crippen molar-refractivity contribution in [3.05, 3.63) is 34.9 Å². The monoisotopic (exact) mass is 325 g/mol. The second-order valence-corrected chi connectivity index (χ2v) is 6.85. The van der Waals surface area contributed by atoms with Gasteiger partial charge in [0, 0.05) is 36.5 Å². The number of phenolic OH excluding ortho intramolecular Hbond substituents is 2.